The fourth-order valence-corrected chi connectivity index (χ4v) is 2.99. The summed E-state index contributed by atoms with van der Waals surface area (Å²) < 4.78 is 0. The number of carbonyl (C=O) groups excluding carboxylic acids is 1. The van der Waals surface area contributed by atoms with Crippen molar-refractivity contribution in [3.63, 3.8) is 0 Å². The van der Waals surface area contributed by atoms with Crippen molar-refractivity contribution < 1.29 is 4.79 Å². The van der Waals surface area contributed by atoms with E-state index in [0.717, 1.165) is 16.9 Å². The fraction of sp³-hybridized carbons (Fsp3) is 0.0833. The molecule has 4 aromatic rings. The van der Waals surface area contributed by atoms with Crippen LogP contribution in [-0.4, -0.2) is 27.9 Å². The van der Waals surface area contributed by atoms with Crippen molar-refractivity contribution in [1.82, 2.24) is 15.0 Å². The molecule has 6 heteroatoms. The van der Waals surface area contributed by atoms with Gasteiger partial charge in [-0.2, -0.15) is 0 Å². The summed E-state index contributed by atoms with van der Waals surface area (Å²) in [6.45, 7) is 0.494. The van der Waals surface area contributed by atoms with E-state index in [1.165, 1.54) is 0 Å². The normalized spacial score (nSPS) is 10.4. The smallest absolute Gasteiger partial charge is 0.276 e. The highest BCUT2D eigenvalue weighted by molar-refractivity contribution is 6.05. The molecule has 0 saturated heterocycles. The number of aromatic nitrogens is 3. The molecule has 1 N–H and O–H groups in total. The predicted octanol–water partition coefficient (Wildman–Crippen LogP) is 4.43. The van der Waals surface area contributed by atoms with E-state index in [-0.39, 0.29) is 5.91 Å². The van der Waals surface area contributed by atoms with Gasteiger partial charge >= 0.3 is 0 Å². The highest BCUT2D eigenvalue weighted by Gasteiger charge is 2.18. The van der Waals surface area contributed by atoms with Crippen molar-refractivity contribution in [3.05, 3.63) is 103 Å². The summed E-state index contributed by atoms with van der Waals surface area (Å²) >= 11 is 0. The number of amides is 1. The lowest BCUT2D eigenvalue weighted by Gasteiger charge is -2.18. The molecule has 0 fully saturated rings. The third-order valence-corrected chi connectivity index (χ3v) is 4.60. The van der Waals surface area contributed by atoms with E-state index in [9.17, 15) is 4.79 Å². The van der Waals surface area contributed by atoms with Crippen molar-refractivity contribution in [1.29, 1.82) is 0 Å². The zero-order valence-electron chi connectivity index (χ0n) is 16.6. The summed E-state index contributed by atoms with van der Waals surface area (Å²) in [5.41, 5.74) is 2.84. The minimum Gasteiger partial charge on any atom is -0.364 e. The van der Waals surface area contributed by atoms with Gasteiger partial charge in [0.05, 0.1) is 12.2 Å². The van der Waals surface area contributed by atoms with Crippen LogP contribution in [0.25, 0.3) is 11.4 Å². The van der Waals surface area contributed by atoms with Crippen LogP contribution in [0.2, 0.25) is 0 Å². The number of nitrogens with zero attached hydrogens (tertiary/aromatic N) is 4. The second-order valence-electron chi connectivity index (χ2n) is 6.70. The lowest BCUT2D eigenvalue weighted by atomic mass is 10.2. The summed E-state index contributed by atoms with van der Waals surface area (Å²) in [5, 5.41) is 3.26. The van der Waals surface area contributed by atoms with Gasteiger partial charge in [0.1, 0.15) is 11.5 Å². The van der Waals surface area contributed by atoms with Crippen LogP contribution < -0.4 is 10.2 Å². The zero-order chi connectivity index (χ0) is 20.8. The Hall–Kier alpha value is -4.06. The molecule has 0 radical (unpaired) electrons. The average molecular weight is 395 g/mol. The Morgan fingerprint density at radius 3 is 2.30 bits per heavy atom. The highest BCUT2D eigenvalue weighted by atomic mass is 16.2. The molecule has 0 saturated carbocycles. The Morgan fingerprint density at radius 2 is 1.60 bits per heavy atom. The van der Waals surface area contributed by atoms with Crippen LogP contribution in [0.1, 0.15) is 16.2 Å². The summed E-state index contributed by atoms with van der Waals surface area (Å²) in [6.07, 6.45) is 1.75. The first-order valence-corrected chi connectivity index (χ1v) is 9.62. The molecule has 148 valence electrons. The first kappa shape index (κ1) is 19.3. The van der Waals surface area contributed by atoms with Crippen LogP contribution in [0.15, 0.2) is 91.1 Å². The first-order valence-electron chi connectivity index (χ1n) is 9.62. The number of rotatable bonds is 6. The van der Waals surface area contributed by atoms with Gasteiger partial charge in [-0.1, -0.05) is 54.6 Å². The Bertz CT molecular complexity index is 1120. The van der Waals surface area contributed by atoms with Gasteiger partial charge < -0.3 is 10.2 Å². The summed E-state index contributed by atoms with van der Waals surface area (Å²) in [6, 6.07) is 26.5. The second-order valence-corrected chi connectivity index (χ2v) is 6.70. The van der Waals surface area contributed by atoms with E-state index in [2.05, 4.69) is 20.3 Å². The van der Waals surface area contributed by atoms with E-state index in [4.69, 9.17) is 0 Å². The highest BCUT2D eigenvalue weighted by Crippen LogP contribution is 2.21. The summed E-state index contributed by atoms with van der Waals surface area (Å²) in [4.78, 5) is 28.2. The molecule has 1 amide bonds. The van der Waals surface area contributed by atoms with Crippen molar-refractivity contribution in [2.45, 2.75) is 6.54 Å². The van der Waals surface area contributed by atoms with Gasteiger partial charge in [-0.3, -0.25) is 9.78 Å². The van der Waals surface area contributed by atoms with Crippen LogP contribution >= 0.6 is 0 Å². The van der Waals surface area contributed by atoms with Crippen LogP contribution in [-0.2, 0) is 6.54 Å². The van der Waals surface area contributed by atoms with Crippen molar-refractivity contribution in [2.24, 2.45) is 0 Å². The molecule has 30 heavy (non-hydrogen) atoms. The minimum absolute atomic E-state index is 0.207. The molecule has 2 heterocycles. The summed E-state index contributed by atoms with van der Waals surface area (Å²) in [7, 11) is 1.74. The van der Waals surface area contributed by atoms with Crippen molar-refractivity contribution in [2.75, 3.05) is 17.3 Å². The molecule has 0 unspecified atom stereocenters. The van der Waals surface area contributed by atoms with Gasteiger partial charge in [0.25, 0.3) is 5.91 Å². The van der Waals surface area contributed by atoms with Gasteiger partial charge in [-0.25, -0.2) is 9.97 Å². The standard InChI is InChI=1S/C24H21N5O/c1-29(20-13-6-3-7-14-20)24(30)21-16-22(26-17-19-12-8-9-15-25-19)28-23(27-21)18-10-4-2-5-11-18/h2-16H,17H2,1H3,(H,26,27,28). The van der Waals surface area contributed by atoms with Gasteiger partial charge in [-0.05, 0) is 24.3 Å². The number of nitrogens with one attached hydrogen (secondary N) is 1. The third-order valence-electron chi connectivity index (χ3n) is 4.60. The van der Waals surface area contributed by atoms with Gasteiger partial charge in [-0.15, -0.1) is 0 Å². The molecule has 0 aliphatic heterocycles. The molecular formula is C24H21N5O. The second kappa shape index (κ2) is 8.96. The molecule has 0 bridgehead atoms. The van der Waals surface area contributed by atoms with Crippen LogP contribution in [0.3, 0.4) is 0 Å². The van der Waals surface area contributed by atoms with E-state index < -0.39 is 0 Å². The van der Waals surface area contributed by atoms with Gasteiger partial charge in [0.2, 0.25) is 0 Å². The molecular weight excluding hydrogens is 374 g/mol. The lowest BCUT2D eigenvalue weighted by Crippen LogP contribution is -2.27. The predicted molar refractivity (Wildman–Crippen MR) is 118 cm³/mol. The van der Waals surface area contributed by atoms with Crippen molar-refractivity contribution >= 4 is 17.4 Å². The van der Waals surface area contributed by atoms with E-state index in [1.807, 2.05) is 78.9 Å². The molecule has 0 atom stereocenters. The largest absolute Gasteiger partial charge is 0.364 e. The number of hydrogen-bond acceptors (Lipinski definition) is 5. The van der Waals surface area contributed by atoms with Gasteiger partial charge in [0, 0.05) is 30.6 Å². The molecule has 2 aromatic carbocycles. The van der Waals surface area contributed by atoms with E-state index in [0.29, 0.717) is 23.9 Å². The molecule has 4 rings (SSSR count). The maximum atomic E-state index is 13.2. The minimum atomic E-state index is -0.207. The molecule has 6 nitrogen and oxygen atoms in total. The number of hydrogen-bond donors (Lipinski definition) is 1. The molecule has 0 spiro atoms. The Balaban J connectivity index is 1.67. The Labute approximate surface area is 175 Å². The van der Waals surface area contributed by atoms with Crippen molar-refractivity contribution in [3.8, 4) is 11.4 Å². The molecule has 2 aromatic heterocycles. The van der Waals surface area contributed by atoms with E-state index >= 15 is 0 Å². The third kappa shape index (κ3) is 4.50. The molecule has 0 aliphatic rings. The Morgan fingerprint density at radius 1 is 0.900 bits per heavy atom. The SMILES string of the molecule is CN(C(=O)c1cc(NCc2ccccn2)nc(-c2ccccc2)n1)c1ccccc1. The number of anilines is 2. The number of para-hydroxylation sites is 1. The van der Waals surface area contributed by atoms with E-state index in [1.54, 1.807) is 24.2 Å². The van der Waals surface area contributed by atoms with Crippen LogP contribution in [0, 0.1) is 0 Å². The van der Waals surface area contributed by atoms with Crippen LogP contribution in [0.5, 0.6) is 0 Å². The maximum Gasteiger partial charge on any atom is 0.276 e. The first-order chi connectivity index (χ1) is 14.7. The number of carbonyl (C=O) groups is 1. The monoisotopic (exact) mass is 395 g/mol. The average Bonchev–Trinajstić information content (AvgIpc) is 2.83. The Kier molecular flexibility index (Phi) is 5.75. The molecule has 0 aliphatic carbocycles. The number of pyridine rings is 1. The summed E-state index contributed by atoms with van der Waals surface area (Å²) in [5.74, 6) is 0.854. The van der Waals surface area contributed by atoms with Crippen LogP contribution in [0.4, 0.5) is 11.5 Å². The topological polar surface area (TPSA) is 71.0 Å². The fourth-order valence-electron chi connectivity index (χ4n) is 2.99. The quantitative estimate of drug-likeness (QED) is 0.523. The number of benzene rings is 2. The zero-order valence-corrected chi connectivity index (χ0v) is 16.6. The lowest BCUT2D eigenvalue weighted by molar-refractivity contribution is 0.0988. The maximum absolute atomic E-state index is 13.2. The van der Waals surface area contributed by atoms with Gasteiger partial charge in [0.15, 0.2) is 5.82 Å².